The Morgan fingerprint density at radius 3 is 2.76 bits per heavy atom. The van der Waals surface area contributed by atoms with Gasteiger partial charge in [-0.2, -0.15) is 0 Å². The Morgan fingerprint density at radius 2 is 2.24 bits per heavy atom. The molecule has 0 spiro atoms. The molecule has 1 N–H and O–H groups in total. The molecule has 2 heterocycles. The number of aliphatic hydroxyl groups excluding tert-OH is 1. The Bertz CT molecular complexity index is 406. The summed E-state index contributed by atoms with van der Waals surface area (Å²) in [4.78, 5) is 9.28. The molecule has 6 nitrogen and oxygen atoms in total. The van der Waals surface area contributed by atoms with Gasteiger partial charge in [-0.25, -0.2) is 4.98 Å². The van der Waals surface area contributed by atoms with Crippen molar-refractivity contribution in [3.63, 3.8) is 0 Å². The molecule has 1 unspecified atom stereocenters. The first-order valence-electron chi connectivity index (χ1n) is 5.71. The highest BCUT2D eigenvalue weighted by molar-refractivity contribution is 5.40. The first kappa shape index (κ1) is 11.7. The van der Waals surface area contributed by atoms with Gasteiger partial charge < -0.3 is 10.0 Å². The molecule has 1 aliphatic rings. The van der Waals surface area contributed by atoms with E-state index < -0.39 is 6.04 Å². The van der Waals surface area contributed by atoms with Crippen molar-refractivity contribution in [2.24, 2.45) is 5.11 Å². The second-order valence-electron chi connectivity index (χ2n) is 4.05. The highest BCUT2D eigenvalue weighted by Gasteiger charge is 2.14. The van der Waals surface area contributed by atoms with Crippen LogP contribution in [0.15, 0.2) is 23.4 Å². The second-order valence-corrected chi connectivity index (χ2v) is 4.05. The van der Waals surface area contributed by atoms with Crippen LogP contribution < -0.4 is 4.90 Å². The zero-order valence-corrected chi connectivity index (χ0v) is 9.53. The van der Waals surface area contributed by atoms with Crippen molar-refractivity contribution in [1.29, 1.82) is 0 Å². The summed E-state index contributed by atoms with van der Waals surface area (Å²) in [6.07, 6.45) is 4.09. The van der Waals surface area contributed by atoms with Crippen molar-refractivity contribution < 1.29 is 5.11 Å². The van der Waals surface area contributed by atoms with Gasteiger partial charge in [-0.1, -0.05) is 11.2 Å². The lowest BCUT2D eigenvalue weighted by Crippen LogP contribution is -2.18. The minimum atomic E-state index is -0.542. The number of azide groups is 1. The molecule has 0 aliphatic carbocycles. The summed E-state index contributed by atoms with van der Waals surface area (Å²) in [5.74, 6) is 0.948. The lowest BCUT2D eigenvalue weighted by molar-refractivity contribution is 0.267. The molecular formula is C11H15N5O. The Hall–Kier alpha value is -1.78. The lowest BCUT2D eigenvalue weighted by Gasteiger charge is -2.17. The predicted molar refractivity (Wildman–Crippen MR) is 64.7 cm³/mol. The molecule has 0 aromatic carbocycles. The average molecular weight is 233 g/mol. The molecule has 17 heavy (non-hydrogen) atoms. The van der Waals surface area contributed by atoms with Crippen LogP contribution in [0.25, 0.3) is 10.4 Å². The van der Waals surface area contributed by atoms with E-state index in [1.807, 2.05) is 12.1 Å². The molecule has 1 aromatic heterocycles. The van der Waals surface area contributed by atoms with Gasteiger partial charge in [-0.3, -0.25) is 0 Å². The van der Waals surface area contributed by atoms with Crippen molar-refractivity contribution in [2.75, 3.05) is 24.6 Å². The van der Waals surface area contributed by atoms with Crippen LogP contribution in [0.1, 0.15) is 24.4 Å². The molecule has 0 bridgehead atoms. The summed E-state index contributed by atoms with van der Waals surface area (Å²) in [6, 6.07) is 3.23. The monoisotopic (exact) mass is 233 g/mol. The van der Waals surface area contributed by atoms with Gasteiger partial charge in [-0.15, -0.1) is 0 Å². The Labute approximate surface area is 99.5 Å². The maximum atomic E-state index is 9.09. The van der Waals surface area contributed by atoms with E-state index in [1.165, 1.54) is 12.8 Å². The number of hydrogen-bond donors (Lipinski definition) is 1. The summed E-state index contributed by atoms with van der Waals surface area (Å²) in [5.41, 5.74) is 9.12. The van der Waals surface area contributed by atoms with Crippen LogP contribution in [0, 0.1) is 0 Å². The third-order valence-electron chi connectivity index (χ3n) is 2.95. The fourth-order valence-corrected chi connectivity index (χ4v) is 2.00. The summed E-state index contributed by atoms with van der Waals surface area (Å²) >= 11 is 0. The normalized spacial score (nSPS) is 16.6. The van der Waals surface area contributed by atoms with E-state index in [0.717, 1.165) is 24.5 Å². The van der Waals surface area contributed by atoms with Gasteiger partial charge in [0.2, 0.25) is 0 Å². The lowest BCUT2D eigenvalue weighted by atomic mass is 10.1. The molecule has 1 fully saturated rings. The van der Waals surface area contributed by atoms with Gasteiger partial charge >= 0.3 is 0 Å². The van der Waals surface area contributed by atoms with E-state index in [2.05, 4.69) is 19.9 Å². The number of nitrogens with zero attached hydrogens (tertiary/aromatic N) is 5. The molecule has 0 radical (unpaired) electrons. The fraction of sp³-hybridized carbons (Fsp3) is 0.545. The molecule has 0 amide bonds. The number of anilines is 1. The third-order valence-corrected chi connectivity index (χ3v) is 2.95. The zero-order valence-electron chi connectivity index (χ0n) is 9.53. The van der Waals surface area contributed by atoms with E-state index in [4.69, 9.17) is 10.6 Å². The number of hydrogen-bond acceptors (Lipinski definition) is 4. The second kappa shape index (κ2) is 5.52. The summed E-state index contributed by atoms with van der Waals surface area (Å²) < 4.78 is 0. The van der Waals surface area contributed by atoms with Crippen LogP contribution in [-0.2, 0) is 0 Å². The van der Waals surface area contributed by atoms with Crippen LogP contribution in [-0.4, -0.2) is 29.8 Å². The van der Waals surface area contributed by atoms with E-state index in [9.17, 15) is 0 Å². The predicted octanol–water partition coefficient (Wildman–Crippen LogP) is 2.03. The smallest absolute Gasteiger partial charge is 0.128 e. The Balaban J connectivity index is 2.13. The van der Waals surface area contributed by atoms with Crippen LogP contribution in [0.2, 0.25) is 0 Å². The van der Waals surface area contributed by atoms with E-state index in [0.29, 0.717) is 0 Å². The van der Waals surface area contributed by atoms with Gasteiger partial charge in [0.05, 0.1) is 12.6 Å². The molecule has 1 atom stereocenters. The Morgan fingerprint density at radius 1 is 1.47 bits per heavy atom. The Kier molecular flexibility index (Phi) is 3.80. The molecule has 6 heteroatoms. The first-order valence-corrected chi connectivity index (χ1v) is 5.71. The number of rotatable bonds is 4. The maximum absolute atomic E-state index is 9.09. The van der Waals surface area contributed by atoms with E-state index in [-0.39, 0.29) is 6.61 Å². The van der Waals surface area contributed by atoms with Crippen LogP contribution in [0.3, 0.4) is 0 Å². The molecule has 1 saturated heterocycles. The molecule has 2 rings (SSSR count). The average Bonchev–Trinajstić information content (AvgIpc) is 2.90. The van der Waals surface area contributed by atoms with E-state index >= 15 is 0 Å². The topological polar surface area (TPSA) is 85.1 Å². The van der Waals surface area contributed by atoms with Gasteiger partial charge in [0.15, 0.2) is 0 Å². The third kappa shape index (κ3) is 2.67. The van der Waals surface area contributed by atoms with Crippen molar-refractivity contribution in [1.82, 2.24) is 4.98 Å². The molecule has 90 valence electrons. The zero-order chi connectivity index (χ0) is 12.1. The summed E-state index contributed by atoms with van der Waals surface area (Å²) in [5, 5.41) is 12.6. The summed E-state index contributed by atoms with van der Waals surface area (Å²) in [7, 11) is 0. The van der Waals surface area contributed by atoms with Crippen molar-refractivity contribution in [2.45, 2.75) is 18.9 Å². The maximum Gasteiger partial charge on any atom is 0.128 e. The number of aromatic nitrogens is 1. The number of pyridine rings is 1. The van der Waals surface area contributed by atoms with Gasteiger partial charge in [0.1, 0.15) is 5.82 Å². The molecular weight excluding hydrogens is 218 g/mol. The summed E-state index contributed by atoms with van der Waals surface area (Å²) in [6.45, 7) is 1.90. The van der Waals surface area contributed by atoms with Crippen molar-refractivity contribution in [3.05, 3.63) is 34.3 Å². The standard InChI is InChI=1S/C11H15N5O/c12-15-14-10(8-17)9-3-4-11(13-7-9)16-5-1-2-6-16/h3-4,7,10,17H,1-2,5-6,8H2. The van der Waals surface area contributed by atoms with Gasteiger partial charge in [0.25, 0.3) is 0 Å². The van der Waals surface area contributed by atoms with Gasteiger partial charge in [0, 0.05) is 24.2 Å². The SMILES string of the molecule is [N-]=[N+]=NC(CO)c1ccc(N2CCCC2)nc1. The largest absolute Gasteiger partial charge is 0.396 e. The minimum Gasteiger partial charge on any atom is -0.396 e. The van der Waals surface area contributed by atoms with E-state index in [1.54, 1.807) is 6.20 Å². The van der Waals surface area contributed by atoms with Crippen LogP contribution in [0.5, 0.6) is 0 Å². The quantitative estimate of drug-likeness (QED) is 0.490. The highest BCUT2D eigenvalue weighted by Crippen LogP contribution is 2.21. The first-order chi connectivity index (χ1) is 8.35. The fourth-order valence-electron chi connectivity index (χ4n) is 2.00. The van der Waals surface area contributed by atoms with Crippen molar-refractivity contribution in [3.8, 4) is 0 Å². The highest BCUT2D eigenvalue weighted by atomic mass is 16.3. The molecule has 1 aliphatic heterocycles. The van der Waals surface area contributed by atoms with Gasteiger partial charge in [-0.05, 0) is 30.0 Å². The molecule has 1 aromatic rings. The molecule has 0 saturated carbocycles. The van der Waals surface area contributed by atoms with Crippen molar-refractivity contribution >= 4 is 5.82 Å². The minimum absolute atomic E-state index is 0.200. The van der Waals surface area contributed by atoms with Crippen LogP contribution in [0.4, 0.5) is 5.82 Å². The number of aliphatic hydroxyl groups is 1. The van der Waals surface area contributed by atoms with Crippen LogP contribution >= 0.6 is 0 Å².